The summed E-state index contributed by atoms with van der Waals surface area (Å²) in [4.78, 5) is 20.9. The molecule has 0 rings (SSSR count). The van der Waals surface area contributed by atoms with Crippen molar-refractivity contribution in [1.29, 1.82) is 0 Å². The molecule has 0 aliphatic carbocycles. The second kappa shape index (κ2) is 6.40. The normalized spacial score (nSPS) is 12.6. The largest absolute Gasteiger partial charge is 0.474 e. The molecule has 2 N–H and O–H groups in total. The highest BCUT2D eigenvalue weighted by molar-refractivity contribution is 6.31. The van der Waals surface area contributed by atoms with Crippen molar-refractivity contribution in [2.45, 2.75) is 46.1 Å². The van der Waals surface area contributed by atoms with Crippen LogP contribution in [-0.2, 0) is 9.59 Å². The Morgan fingerprint density at radius 2 is 1.79 bits per heavy atom. The minimum Gasteiger partial charge on any atom is -0.474 e. The lowest BCUT2D eigenvalue weighted by Gasteiger charge is -2.12. The van der Waals surface area contributed by atoms with Crippen molar-refractivity contribution >= 4 is 11.9 Å². The van der Waals surface area contributed by atoms with Gasteiger partial charge in [-0.25, -0.2) is 4.79 Å². The van der Waals surface area contributed by atoms with Gasteiger partial charge in [0.2, 0.25) is 0 Å². The molecule has 82 valence electrons. The van der Waals surface area contributed by atoms with Gasteiger partial charge in [-0.1, -0.05) is 26.7 Å². The fraction of sp³-hybridized carbons (Fsp3) is 0.800. The number of amides is 1. The van der Waals surface area contributed by atoms with Crippen molar-refractivity contribution in [3.05, 3.63) is 0 Å². The molecule has 0 fully saturated rings. The first kappa shape index (κ1) is 12.9. The molecule has 1 atom stereocenters. The molecule has 0 aromatic rings. The van der Waals surface area contributed by atoms with Gasteiger partial charge >= 0.3 is 11.9 Å². The Balaban J connectivity index is 3.60. The van der Waals surface area contributed by atoms with Crippen LogP contribution < -0.4 is 5.32 Å². The third kappa shape index (κ3) is 6.46. The van der Waals surface area contributed by atoms with Crippen LogP contribution in [0.5, 0.6) is 0 Å². The highest BCUT2D eigenvalue weighted by Gasteiger charge is 2.13. The number of aliphatic carboxylic acids is 1. The topological polar surface area (TPSA) is 66.4 Å². The lowest BCUT2D eigenvalue weighted by atomic mass is 10.0. The number of carbonyl (C=O) groups is 2. The minimum atomic E-state index is -1.42. The summed E-state index contributed by atoms with van der Waals surface area (Å²) >= 11 is 0. The average molecular weight is 201 g/mol. The minimum absolute atomic E-state index is 0.0580. The summed E-state index contributed by atoms with van der Waals surface area (Å²) in [6.45, 7) is 6.10. The summed E-state index contributed by atoms with van der Waals surface area (Å²) in [6.07, 6.45) is 2.95. The molecule has 0 bridgehead atoms. The Bertz CT molecular complexity index is 202. The molecule has 0 aliphatic heterocycles. The van der Waals surface area contributed by atoms with Crippen molar-refractivity contribution in [2.75, 3.05) is 0 Å². The molecule has 1 amide bonds. The first-order valence-corrected chi connectivity index (χ1v) is 4.97. The Morgan fingerprint density at radius 3 is 2.21 bits per heavy atom. The van der Waals surface area contributed by atoms with E-state index in [1.54, 1.807) is 0 Å². The van der Waals surface area contributed by atoms with Crippen molar-refractivity contribution in [2.24, 2.45) is 5.92 Å². The van der Waals surface area contributed by atoms with E-state index in [1.807, 2.05) is 6.92 Å². The molecule has 0 heterocycles. The lowest BCUT2D eigenvalue weighted by molar-refractivity contribution is -0.150. The van der Waals surface area contributed by atoms with Crippen LogP contribution in [0.4, 0.5) is 0 Å². The van der Waals surface area contributed by atoms with E-state index in [4.69, 9.17) is 5.11 Å². The summed E-state index contributed by atoms with van der Waals surface area (Å²) in [6, 6.07) is -0.0580. The molecule has 0 aliphatic rings. The first-order chi connectivity index (χ1) is 6.43. The maximum atomic E-state index is 10.7. The number of hydrogen-bond acceptors (Lipinski definition) is 2. The number of hydrogen-bond donors (Lipinski definition) is 2. The highest BCUT2D eigenvalue weighted by atomic mass is 16.4. The fourth-order valence-corrected chi connectivity index (χ4v) is 1.19. The fourth-order valence-electron chi connectivity index (χ4n) is 1.19. The van der Waals surface area contributed by atoms with Gasteiger partial charge in [0.25, 0.3) is 0 Å². The molecule has 0 aromatic heterocycles. The van der Waals surface area contributed by atoms with E-state index in [9.17, 15) is 9.59 Å². The number of rotatable bonds is 5. The van der Waals surface area contributed by atoms with Crippen molar-refractivity contribution < 1.29 is 14.7 Å². The monoisotopic (exact) mass is 201 g/mol. The Hall–Kier alpha value is -1.06. The van der Waals surface area contributed by atoms with E-state index in [1.165, 1.54) is 0 Å². The standard InChI is InChI=1S/C10H19NO3/c1-7(2)5-4-6-8(3)11-9(12)10(13)14/h7-8H,4-6H2,1-3H3,(H,11,12)(H,13,14). The second-order valence-electron chi connectivity index (χ2n) is 4.00. The molecule has 0 saturated carbocycles. The van der Waals surface area contributed by atoms with Crippen LogP contribution in [0, 0.1) is 5.92 Å². The van der Waals surface area contributed by atoms with E-state index >= 15 is 0 Å². The van der Waals surface area contributed by atoms with Crippen LogP contribution >= 0.6 is 0 Å². The van der Waals surface area contributed by atoms with E-state index in [0.29, 0.717) is 5.92 Å². The molecule has 14 heavy (non-hydrogen) atoms. The molecular formula is C10H19NO3. The first-order valence-electron chi connectivity index (χ1n) is 4.97. The molecule has 0 radical (unpaired) electrons. The summed E-state index contributed by atoms with van der Waals surface area (Å²) < 4.78 is 0. The van der Waals surface area contributed by atoms with Gasteiger partial charge in [0, 0.05) is 6.04 Å². The smallest absolute Gasteiger partial charge is 0.394 e. The lowest BCUT2D eigenvalue weighted by Crippen LogP contribution is -2.37. The molecule has 0 saturated heterocycles. The zero-order chi connectivity index (χ0) is 11.1. The maximum absolute atomic E-state index is 10.7. The van der Waals surface area contributed by atoms with E-state index < -0.39 is 11.9 Å². The van der Waals surface area contributed by atoms with Gasteiger partial charge in [0.1, 0.15) is 0 Å². The van der Waals surface area contributed by atoms with Crippen molar-refractivity contribution in [3.63, 3.8) is 0 Å². The van der Waals surface area contributed by atoms with E-state index in [-0.39, 0.29) is 6.04 Å². The molecule has 4 heteroatoms. The number of nitrogens with one attached hydrogen (secondary N) is 1. The van der Waals surface area contributed by atoms with Crippen LogP contribution in [0.2, 0.25) is 0 Å². The van der Waals surface area contributed by atoms with Gasteiger partial charge in [0.05, 0.1) is 0 Å². The van der Waals surface area contributed by atoms with Crippen molar-refractivity contribution in [1.82, 2.24) is 5.32 Å². The van der Waals surface area contributed by atoms with Crippen LogP contribution in [0.3, 0.4) is 0 Å². The zero-order valence-electron chi connectivity index (χ0n) is 9.04. The van der Waals surface area contributed by atoms with Gasteiger partial charge < -0.3 is 10.4 Å². The average Bonchev–Trinajstić information content (AvgIpc) is 2.02. The van der Waals surface area contributed by atoms with Gasteiger partial charge in [-0.2, -0.15) is 0 Å². The highest BCUT2D eigenvalue weighted by Crippen LogP contribution is 2.07. The predicted octanol–water partition coefficient (Wildman–Crippen LogP) is 1.40. The molecular weight excluding hydrogens is 182 g/mol. The van der Waals surface area contributed by atoms with Crippen LogP contribution in [0.15, 0.2) is 0 Å². The molecule has 4 nitrogen and oxygen atoms in total. The second-order valence-corrected chi connectivity index (χ2v) is 4.00. The van der Waals surface area contributed by atoms with Gasteiger partial charge in [-0.3, -0.25) is 4.79 Å². The summed E-state index contributed by atoms with van der Waals surface area (Å²) in [7, 11) is 0. The number of carbonyl (C=O) groups excluding carboxylic acids is 1. The Kier molecular flexibility index (Phi) is 5.92. The number of carboxylic acids is 1. The molecule has 0 aromatic carbocycles. The third-order valence-corrected chi connectivity index (χ3v) is 1.99. The van der Waals surface area contributed by atoms with Crippen molar-refractivity contribution in [3.8, 4) is 0 Å². The number of carboxylic acid groups (broad SMARTS) is 1. The van der Waals surface area contributed by atoms with Crippen LogP contribution in [0.25, 0.3) is 0 Å². The summed E-state index contributed by atoms with van der Waals surface area (Å²) in [5.74, 6) is -1.68. The zero-order valence-corrected chi connectivity index (χ0v) is 9.04. The van der Waals surface area contributed by atoms with E-state index in [2.05, 4.69) is 19.2 Å². The molecule has 1 unspecified atom stereocenters. The summed E-state index contributed by atoms with van der Waals surface area (Å²) in [5.41, 5.74) is 0. The Labute approximate surface area is 84.7 Å². The van der Waals surface area contributed by atoms with Crippen LogP contribution in [-0.4, -0.2) is 23.0 Å². The third-order valence-electron chi connectivity index (χ3n) is 1.99. The molecule has 0 spiro atoms. The maximum Gasteiger partial charge on any atom is 0.394 e. The van der Waals surface area contributed by atoms with E-state index in [0.717, 1.165) is 19.3 Å². The predicted molar refractivity (Wildman–Crippen MR) is 53.9 cm³/mol. The Morgan fingerprint density at radius 1 is 1.21 bits per heavy atom. The van der Waals surface area contributed by atoms with Crippen LogP contribution in [0.1, 0.15) is 40.0 Å². The van der Waals surface area contributed by atoms with Gasteiger partial charge in [-0.05, 0) is 19.3 Å². The SMILES string of the molecule is CC(C)CCCC(C)NC(=O)C(=O)O. The van der Waals surface area contributed by atoms with Gasteiger partial charge in [0.15, 0.2) is 0 Å². The quantitative estimate of drug-likeness (QED) is 0.661. The van der Waals surface area contributed by atoms with Gasteiger partial charge in [-0.15, -0.1) is 0 Å². The summed E-state index contributed by atoms with van der Waals surface area (Å²) in [5, 5.41) is 10.7.